The third-order valence-corrected chi connectivity index (χ3v) is 6.58. The highest BCUT2D eigenvalue weighted by Gasteiger charge is 2.35. The molecule has 4 rings (SSSR count). The molecule has 1 atom stereocenters. The Morgan fingerprint density at radius 3 is 2.55 bits per heavy atom. The third kappa shape index (κ3) is 4.99. The molecule has 0 aliphatic carbocycles. The van der Waals surface area contributed by atoms with Gasteiger partial charge in [0, 0.05) is 49.1 Å². The minimum atomic E-state index is -0.675. The molecule has 0 spiro atoms. The van der Waals surface area contributed by atoms with Crippen molar-refractivity contribution in [2.45, 2.75) is 19.9 Å². The lowest BCUT2D eigenvalue weighted by Gasteiger charge is -2.38. The van der Waals surface area contributed by atoms with Crippen molar-refractivity contribution in [1.82, 2.24) is 15.5 Å². The number of amides is 2. The topological polar surface area (TPSA) is 73.9 Å². The van der Waals surface area contributed by atoms with Gasteiger partial charge in [-0.1, -0.05) is 41.9 Å². The zero-order valence-electron chi connectivity index (χ0n) is 19.2. The van der Waals surface area contributed by atoms with E-state index in [1.165, 1.54) is 23.9 Å². The van der Waals surface area contributed by atoms with Crippen molar-refractivity contribution in [3.05, 3.63) is 75.4 Å². The van der Waals surface area contributed by atoms with Crippen LogP contribution in [0, 0.1) is 13.8 Å². The number of nitrogens with zero attached hydrogens (tertiary/aromatic N) is 2. The summed E-state index contributed by atoms with van der Waals surface area (Å²) in [6.07, 6.45) is 0. The maximum absolute atomic E-state index is 12.8. The Kier molecular flexibility index (Phi) is 6.91. The molecule has 0 saturated carbocycles. The monoisotopic (exact) mass is 468 g/mol. The summed E-state index contributed by atoms with van der Waals surface area (Å²) in [7, 11) is 1.34. The fraction of sp³-hybridized carbons (Fsp3) is 0.360. The Balaban J connectivity index is 1.56. The molecule has 8 heteroatoms. The van der Waals surface area contributed by atoms with E-state index in [0.29, 0.717) is 28.4 Å². The van der Waals surface area contributed by atoms with E-state index in [-0.39, 0.29) is 6.03 Å². The molecule has 1 unspecified atom stereocenters. The van der Waals surface area contributed by atoms with Gasteiger partial charge in [-0.05, 0) is 42.7 Å². The van der Waals surface area contributed by atoms with Gasteiger partial charge < -0.3 is 20.3 Å². The minimum absolute atomic E-state index is 0.364. The predicted octanol–water partition coefficient (Wildman–Crippen LogP) is 3.56. The van der Waals surface area contributed by atoms with Gasteiger partial charge in [0.25, 0.3) is 0 Å². The van der Waals surface area contributed by atoms with E-state index in [1.807, 2.05) is 18.2 Å². The van der Waals surface area contributed by atoms with E-state index in [9.17, 15) is 9.59 Å². The second-order valence-corrected chi connectivity index (χ2v) is 8.90. The summed E-state index contributed by atoms with van der Waals surface area (Å²) in [5, 5.41) is 6.14. The quantitative estimate of drug-likeness (QED) is 0.656. The van der Waals surface area contributed by atoms with Crippen LogP contribution in [-0.2, 0) is 9.53 Å². The maximum Gasteiger partial charge on any atom is 0.338 e. The van der Waals surface area contributed by atoms with Crippen LogP contribution >= 0.6 is 11.6 Å². The predicted molar refractivity (Wildman–Crippen MR) is 129 cm³/mol. The SMILES string of the molecule is COC(=O)C1=C(CN2CCN(c3cc(C)ccc3C)CC2)NC(=O)NC1c1ccccc1Cl. The average molecular weight is 469 g/mol. The number of hydrogen-bond acceptors (Lipinski definition) is 5. The molecule has 33 heavy (non-hydrogen) atoms. The molecule has 7 nitrogen and oxygen atoms in total. The minimum Gasteiger partial charge on any atom is -0.466 e. The molecular weight excluding hydrogens is 440 g/mol. The molecule has 0 aromatic heterocycles. The highest BCUT2D eigenvalue weighted by Crippen LogP contribution is 2.32. The highest BCUT2D eigenvalue weighted by atomic mass is 35.5. The number of carbonyl (C=O) groups is 2. The number of benzene rings is 2. The van der Waals surface area contributed by atoms with Gasteiger partial charge >= 0.3 is 12.0 Å². The number of carbonyl (C=O) groups excluding carboxylic acids is 2. The third-order valence-electron chi connectivity index (χ3n) is 6.23. The number of methoxy groups -OCH3 is 1. The number of urea groups is 1. The number of hydrogen-bond donors (Lipinski definition) is 2. The first kappa shape index (κ1) is 23.1. The number of anilines is 1. The Hall–Kier alpha value is -3.03. The molecule has 2 amide bonds. The molecule has 1 fully saturated rings. The number of halogens is 1. The van der Waals surface area contributed by atoms with Crippen molar-refractivity contribution < 1.29 is 14.3 Å². The van der Waals surface area contributed by atoms with Crippen LogP contribution in [0.5, 0.6) is 0 Å². The molecule has 2 aromatic carbocycles. The second-order valence-electron chi connectivity index (χ2n) is 8.49. The largest absolute Gasteiger partial charge is 0.466 e. The first-order chi connectivity index (χ1) is 15.9. The van der Waals surface area contributed by atoms with E-state index < -0.39 is 12.0 Å². The lowest BCUT2D eigenvalue weighted by atomic mass is 9.95. The number of rotatable bonds is 5. The maximum atomic E-state index is 12.8. The van der Waals surface area contributed by atoms with Crippen molar-refractivity contribution in [1.29, 1.82) is 0 Å². The summed E-state index contributed by atoms with van der Waals surface area (Å²) < 4.78 is 5.08. The fourth-order valence-electron chi connectivity index (χ4n) is 4.47. The first-order valence-corrected chi connectivity index (χ1v) is 11.4. The normalized spacial score (nSPS) is 19.2. The molecule has 0 radical (unpaired) electrons. The standard InChI is InChI=1S/C25H29ClN4O3/c1-16-8-9-17(2)21(14-16)30-12-10-29(11-13-30)15-20-22(24(31)33-3)23(28-25(32)27-20)18-6-4-5-7-19(18)26/h4-9,14,23H,10-13,15H2,1-3H3,(H2,27,28,32). The number of ether oxygens (including phenoxy) is 1. The summed E-state index contributed by atoms with van der Waals surface area (Å²) in [4.78, 5) is 29.9. The van der Waals surface area contributed by atoms with E-state index in [2.05, 4.69) is 52.5 Å². The van der Waals surface area contributed by atoms with Crippen LogP contribution in [0.2, 0.25) is 5.02 Å². The van der Waals surface area contributed by atoms with Gasteiger partial charge in [-0.25, -0.2) is 9.59 Å². The molecule has 174 valence electrons. The van der Waals surface area contributed by atoms with Crippen LogP contribution in [0.25, 0.3) is 0 Å². The molecule has 2 aliphatic heterocycles. The second kappa shape index (κ2) is 9.85. The van der Waals surface area contributed by atoms with Gasteiger partial charge in [0.05, 0.1) is 18.7 Å². The number of nitrogens with one attached hydrogen (secondary N) is 2. The molecule has 2 heterocycles. The molecule has 2 aromatic rings. The summed E-state index contributed by atoms with van der Waals surface area (Å²) in [6.45, 7) is 8.04. The Morgan fingerprint density at radius 2 is 1.85 bits per heavy atom. The Morgan fingerprint density at radius 1 is 1.12 bits per heavy atom. The lowest BCUT2D eigenvalue weighted by Crippen LogP contribution is -2.52. The highest BCUT2D eigenvalue weighted by molar-refractivity contribution is 6.31. The van der Waals surface area contributed by atoms with Crippen molar-refractivity contribution in [3.8, 4) is 0 Å². The molecule has 1 saturated heterocycles. The summed E-state index contributed by atoms with van der Waals surface area (Å²) in [5.74, 6) is -0.489. The first-order valence-electron chi connectivity index (χ1n) is 11.0. The number of piperazine rings is 1. The van der Waals surface area contributed by atoms with Crippen LogP contribution in [0.1, 0.15) is 22.7 Å². The van der Waals surface area contributed by atoms with Gasteiger partial charge in [-0.2, -0.15) is 0 Å². The van der Waals surface area contributed by atoms with Crippen LogP contribution in [-0.4, -0.2) is 56.7 Å². The van der Waals surface area contributed by atoms with Gasteiger partial charge in [0.1, 0.15) is 0 Å². The van der Waals surface area contributed by atoms with Crippen LogP contribution in [0.4, 0.5) is 10.5 Å². The van der Waals surface area contributed by atoms with Crippen molar-refractivity contribution in [3.63, 3.8) is 0 Å². The van der Waals surface area contributed by atoms with Gasteiger partial charge in [-0.3, -0.25) is 4.90 Å². The van der Waals surface area contributed by atoms with E-state index in [0.717, 1.165) is 26.2 Å². The molecular formula is C25H29ClN4O3. The fourth-order valence-corrected chi connectivity index (χ4v) is 4.71. The summed E-state index contributed by atoms with van der Waals surface area (Å²) in [5.41, 5.74) is 5.36. The van der Waals surface area contributed by atoms with Crippen molar-refractivity contribution in [2.75, 3.05) is 44.7 Å². The van der Waals surface area contributed by atoms with E-state index in [1.54, 1.807) is 6.07 Å². The smallest absolute Gasteiger partial charge is 0.338 e. The van der Waals surface area contributed by atoms with E-state index in [4.69, 9.17) is 16.3 Å². The van der Waals surface area contributed by atoms with Crippen molar-refractivity contribution in [2.24, 2.45) is 0 Å². The Bertz CT molecular complexity index is 1090. The zero-order chi connectivity index (χ0) is 23.5. The van der Waals surface area contributed by atoms with Gasteiger partial charge in [0.15, 0.2) is 0 Å². The van der Waals surface area contributed by atoms with Crippen molar-refractivity contribution >= 4 is 29.3 Å². The zero-order valence-corrected chi connectivity index (χ0v) is 19.9. The molecule has 2 N–H and O–H groups in total. The number of aryl methyl sites for hydroxylation is 2. The van der Waals surface area contributed by atoms with Crippen LogP contribution < -0.4 is 15.5 Å². The van der Waals surface area contributed by atoms with Gasteiger partial charge in [-0.15, -0.1) is 0 Å². The van der Waals surface area contributed by atoms with E-state index >= 15 is 0 Å². The summed E-state index contributed by atoms with van der Waals surface area (Å²) >= 11 is 6.39. The summed E-state index contributed by atoms with van der Waals surface area (Å²) in [6, 6.07) is 12.7. The number of esters is 1. The Labute approximate surface area is 199 Å². The van der Waals surface area contributed by atoms with Crippen LogP contribution in [0.15, 0.2) is 53.7 Å². The van der Waals surface area contributed by atoms with Gasteiger partial charge in [0.2, 0.25) is 0 Å². The lowest BCUT2D eigenvalue weighted by molar-refractivity contribution is -0.136. The molecule has 0 bridgehead atoms. The van der Waals surface area contributed by atoms with Crippen LogP contribution in [0.3, 0.4) is 0 Å². The average Bonchev–Trinajstić information content (AvgIpc) is 2.81. The molecule has 2 aliphatic rings.